The first-order chi connectivity index (χ1) is 11.3. The minimum absolute atomic E-state index is 0.0906. The number of aryl methyl sites for hydroxylation is 1. The standard InChI is InChI=1S/C17H23N5O/c1-2-7-22-15-6-4-3-5-14(15)19-16(22)12-20-8-9-21-13(11-20)10-18-17(21)23/h3-6,13H,2,7-12H2,1H3,(H,18,23)/t13-/m1/s1. The molecule has 6 heteroatoms. The molecule has 0 bridgehead atoms. The van der Waals surface area contributed by atoms with Crippen molar-refractivity contribution in [2.24, 2.45) is 0 Å². The molecule has 0 spiro atoms. The fourth-order valence-corrected chi connectivity index (χ4v) is 3.73. The highest BCUT2D eigenvalue weighted by Gasteiger charge is 2.35. The zero-order chi connectivity index (χ0) is 15.8. The van der Waals surface area contributed by atoms with Crippen LogP contribution < -0.4 is 5.32 Å². The third-order valence-corrected chi connectivity index (χ3v) is 4.86. The Labute approximate surface area is 136 Å². The van der Waals surface area contributed by atoms with Gasteiger partial charge in [-0.3, -0.25) is 4.90 Å². The molecule has 0 aliphatic carbocycles. The summed E-state index contributed by atoms with van der Waals surface area (Å²) in [5, 5.41) is 2.94. The van der Waals surface area contributed by atoms with Crippen LogP contribution in [0.15, 0.2) is 24.3 Å². The Bertz CT molecular complexity index is 725. The highest BCUT2D eigenvalue weighted by Crippen LogP contribution is 2.20. The molecule has 1 atom stereocenters. The number of hydrogen-bond acceptors (Lipinski definition) is 3. The summed E-state index contributed by atoms with van der Waals surface area (Å²) in [6, 6.07) is 8.76. The smallest absolute Gasteiger partial charge is 0.317 e. The molecule has 122 valence electrons. The maximum Gasteiger partial charge on any atom is 0.317 e. The Kier molecular flexibility index (Phi) is 3.69. The van der Waals surface area contributed by atoms with E-state index in [-0.39, 0.29) is 6.03 Å². The number of nitrogens with one attached hydrogen (secondary N) is 1. The molecule has 1 aromatic carbocycles. The van der Waals surface area contributed by atoms with Gasteiger partial charge in [-0.15, -0.1) is 0 Å². The molecule has 0 saturated carbocycles. The number of amides is 2. The van der Waals surface area contributed by atoms with E-state index in [1.165, 1.54) is 5.52 Å². The minimum atomic E-state index is 0.0906. The lowest BCUT2D eigenvalue weighted by Gasteiger charge is -2.36. The third kappa shape index (κ3) is 2.57. The van der Waals surface area contributed by atoms with Crippen LogP contribution in [0.1, 0.15) is 19.2 Å². The molecule has 1 N–H and O–H groups in total. The Balaban J connectivity index is 1.56. The van der Waals surface area contributed by atoms with E-state index in [1.807, 2.05) is 11.0 Å². The molecule has 3 heterocycles. The van der Waals surface area contributed by atoms with Gasteiger partial charge in [0, 0.05) is 32.7 Å². The molecule has 2 aliphatic rings. The normalized spacial score (nSPS) is 21.7. The van der Waals surface area contributed by atoms with E-state index in [0.29, 0.717) is 6.04 Å². The van der Waals surface area contributed by atoms with Gasteiger partial charge in [0.05, 0.1) is 23.6 Å². The molecule has 1 aromatic heterocycles. The molecule has 0 radical (unpaired) electrons. The van der Waals surface area contributed by atoms with Crippen molar-refractivity contribution in [3.63, 3.8) is 0 Å². The predicted octanol–water partition coefficient (Wildman–Crippen LogP) is 1.66. The number of nitrogens with zero attached hydrogens (tertiary/aromatic N) is 4. The molecule has 2 fully saturated rings. The number of aromatic nitrogens is 2. The van der Waals surface area contributed by atoms with E-state index < -0.39 is 0 Å². The second-order valence-corrected chi connectivity index (χ2v) is 6.44. The topological polar surface area (TPSA) is 53.4 Å². The number of carbonyl (C=O) groups excluding carboxylic acids is 1. The molecular formula is C17H23N5O. The van der Waals surface area contributed by atoms with Gasteiger partial charge in [-0.25, -0.2) is 9.78 Å². The van der Waals surface area contributed by atoms with Gasteiger partial charge in [0.25, 0.3) is 0 Å². The van der Waals surface area contributed by atoms with E-state index in [0.717, 1.165) is 57.0 Å². The lowest BCUT2D eigenvalue weighted by atomic mass is 10.2. The van der Waals surface area contributed by atoms with Crippen LogP contribution in [0.3, 0.4) is 0 Å². The van der Waals surface area contributed by atoms with Gasteiger partial charge in [-0.2, -0.15) is 0 Å². The molecule has 23 heavy (non-hydrogen) atoms. The summed E-state index contributed by atoms with van der Waals surface area (Å²) < 4.78 is 2.35. The summed E-state index contributed by atoms with van der Waals surface area (Å²) in [4.78, 5) is 21.0. The molecule has 2 aromatic rings. The minimum Gasteiger partial charge on any atom is -0.336 e. The lowest BCUT2D eigenvalue weighted by molar-refractivity contribution is 0.114. The van der Waals surface area contributed by atoms with Crippen molar-refractivity contribution in [2.75, 3.05) is 26.2 Å². The number of piperazine rings is 1. The lowest BCUT2D eigenvalue weighted by Crippen LogP contribution is -2.51. The Morgan fingerprint density at radius 2 is 2.17 bits per heavy atom. The first-order valence-electron chi connectivity index (χ1n) is 8.47. The average molecular weight is 313 g/mol. The summed E-state index contributed by atoms with van der Waals surface area (Å²) in [5.41, 5.74) is 2.30. The van der Waals surface area contributed by atoms with Crippen LogP contribution in [0, 0.1) is 0 Å². The van der Waals surface area contributed by atoms with Crippen molar-refractivity contribution in [2.45, 2.75) is 32.5 Å². The van der Waals surface area contributed by atoms with Crippen molar-refractivity contribution in [1.82, 2.24) is 24.7 Å². The molecule has 2 saturated heterocycles. The number of imidazole rings is 1. The van der Waals surface area contributed by atoms with Gasteiger partial charge >= 0.3 is 6.03 Å². The van der Waals surface area contributed by atoms with Gasteiger partial charge in [-0.05, 0) is 18.6 Å². The van der Waals surface area contributed by atoms with Gasteiger partial charge in [0.2, 0.25) is 0 Å². The van der Waals surface area contributed by atoms with Crippen molar-refractivity contribution >= 4 is 17.1 Å². The van der Waals surface area contributed by atoms with Gasteiger partial charge < -0.3 is 14.8 Å². The van der Waals surface area contributed by atoms with E-state index in [1.54, 1.807) is 0 Å². The second kappa shape index (κ2) is 5.85. The zero-order valence-electron chi connectivity index (χ0n) is 13.5. The summed E-state index contributed by atoms with van der Waals surface area (Å²) in [5.74, 6) is 1.14. The van der Waals surface area contributed by atoms with Crippen molar-refractivity contribution in [3.8, 4) is 0 Å². The Hall–Kier alpha value is -2.08. The number of carbonyl (C=O) groups is 1. The number of rotatable bonds is 4. The summed E-state index contributed by atoms with van der Waals surface area (Å²) in [6.07, 6.45) is 1.10. The fourth-order valence-electron chi connectivity index (χ4n) is 3.73. The molecule has 2 aliphatic heterocycles. The van der Waals surface area contributed by atoms with Gasteiger partial charge in [0.15, 0.2) is 0 Å². The maximum absolute atomic E-state index is 11.7. The summed E-state index contributed by atoms with van der Waals surface area (Å²) in [6.45, 7) is 7.47. The van der Waals surface area contributed by atoms with Crippen LogP contribution in [-0.2, 0) is 13.1 Å². The largest absolute Gasteiger partial charge is 0.336 e. The third-order valence-electron chi connectivity index (χ3n) is 4.86. The maximum atomic E-state index is 11.7. The number of urea groups is 1. The van der Waals surface area contributed by atoms with Crippen molar-refractivity contribution in [3.05, 3.63) is 30.1 Å². The quantitative estimate of drug-likeness (QED) is 0.934. The van der Waals surface area contributed by atoms with Crippen LogP contribution in [-0.4, -0.2) is 57.6 Å². The first kappa shape index (κ1) is 14.5. The predicted molar refractivity (Wildman–Crippen MR) is 89.2 cm³/mol. The highest BCUT2D eigenvalue weighted by molar-refractivity contribution is 5.77. The van der Waals surface area contributed by atoms with Crippen LogP contribution >= 0.6 is 0 Å². The number of hydrogen-bond donors (Lipinski definition) is 1. The van der Waals surface area contributed by atoms with Gasteiger partial charge in [0.1, 0.15) is 5.82 Å². The van der Waals surface area contributed by atoms with E-state index in [9.17, 15) is 4.79 Å². The second-order valence-electron chi connectivity index (χ2n) is 6.44. The number of benzene rings is 1. The Morgan fingerprint density at radius 3 is 3.04 bits per heavy atom. The van der Waals surface area contributed by atoms with E-state index in [2.05, 4.69) is 39.9 Å². The van der Waals surface area contributed by atoms with Gasteiger partial charge in [-0.1, -0.05) is 19.1 Å². The van der Waals surface area contributed by atoms with Crippen molar-refractivity contribution in [1.29, 1.82) is 0 Å². The number of fused-ring (bicyclic) bond motifs is 2. The van der Waals surface area contributed by atoms with E-state index >= 15 is 0 Å². The Morgan fingerprint density at radius 1 is 1.30 bits per heavy atom. The van der Waals surface area contributed by atoms with E-state index in [4.69, 9.17) is 4.98 Å². The molecule has 2 amide bonds. The average Bonchev–Trinajstić information content (AvgIpc) is 3.09. The van der Waals surface area contributed by atoms with Crippen LogP contribution in [0.4, 0.5) is 4.79 Å². The monoisotopic (exact) mass is 313 g/mol. The molecule has 6 nitrogen and oxygen atoms in total. The number of para-hydroxylation sites is 2. The molecular weight excluding hydrogens is 290 g/mol. The molecule has 0 unspecified atom stereocenters. The summed E-state index contributed by atoms with van der Waals surface area (Å²) in [7, 11) is 0. The van der Waals surface area contributed by atoms with Crippen LogP contribution in [0.5, 0.6) is 0 Å². The SMILES string of the molecule is CCCn1c(CN2CCN3C(=O)NC[C@@H]3C2)nc2ccccc21. The van der Waals surface area contributed by atoms with Crippen LogP contribution in [0.25, 0.3) is 11.0 Å². The summed E-state index contributed by atoms with van der Waals surface area (Å²) >= 11 is 0. The zero-order valence-corrected chi connectivity index (χ0v) is 13.5. The fraction of sp³-hybridized carbons (Fsp3) is 0.529. The van der Waals surface area contributed by atoms with Crippen molar-refractivity contribution < 1.29 is 4.79 Å². The molecule has 4 rings (SSSR count). The van der Waals surface area contributed by atoms with Crippen LogP contribution in [0.2, 0.25) is 0 Å². The highest BCUT2D eigenvalue weighted by atomic mass is 16.2. The first-order valence-corrected chi connectivity index (χ1v) is 8.47.